The van der Waals surface area contributed by atoms with E-state index in [0.29, 0.717) is 5.69 Å². The normalized spacial score (nSPS) is 11.2. The van der Waals surface area contributed by atoms with Gasteiger partial charge < -0.3 is 5.11 Å². The van der Waals surface area contributed by atoms with Crippen molar-refractivity contribution in [2.45, 2.75) is 26.2 Å². The van der Waals surface area contributed by atoms with Crippen molar-refractivity contribution in [2.24, 2.45) is 0 Å². The fourth-order valence-corrected chi connectivity index (χ4v) is 2.31. The van der Waals surface area contributed by atoms with Crippen molar-refractivity contribution < 1.29 is 9.90 Å². The van der Waals surface area contributed by atoms with Crippen molar-refractivity contribution in [3.8, 4) is 11.1 Å². The molecule has 2 aromatic rings. The highest BCUT2D eigenvalue weighted by Gasteiger charge is 2.19. The van der Waals surface area contributed by atoms with E-state index in [1.165, 1.54) is 5.56 Å². The van der Waals surface area contributed by atoms with Gasteiger partial charge in [0.1, 0.15) is 0 Å². The van der Waals surface area contributed by atoms with Crippen LogP contribution in [-0.4, -0.2) is 11.2 Å². The van der Waals surface area contributed by atoms with E-state index < -0.39 is 6.09 Å². The molecule has 2 aromatic carbocycles. The van der Waals surface area contributed by atoms with E-state index in [-0.39, 0.29) is 5.41 Å². The van der Waals surface area contributed by atoms with Crippen molar-refractivity contribution in [1.82, 2.24) is 0 Å². The maximum absolute atomic E-state index is 10.9. The first kappa shape index (κ1) is 14.1. The smallest absolute Gasteiger partial charge is 0.409 e. The number of para-hydroxylation sites is 1. The number of amides is 1. The third-order valence-corrected chi connectivity index (χ3v) is 3.19. The van der Waals surface area contributed by atoms with Gasteiger partial charge in [0.15, 0.2) is 0 Å². The molecular formula is C17H19NO2. The first-order valence-electron chi connectivity index (χ1n) is 6.58. The second-order valence-corrected chi connectivity index (χ2v) is 5.77. The van der Waals surface area contributed by atoms with E-state index in [1.807, 2.05) is 36.4 Å². The summed E-state index contributed by atoms with van der Waals surface area (Å²) in [6, 6.07) is 15.6. The van der Waals surface area contributed by atoms with Gasteiger partial charge in [-0.05, 0) is 22.6 Å². The molecule has 104 valence electrons. The number of carboxylic acid groups (broad SMARTS) is 1. The van der Waals surface area contributed by atoms with Crippen LogP contribution in [0.25, 0.3) is 11.1 Å². The van der Waals surface area contributed by atoms with Crippen LogP contribution in [0.5, 0.6) is 0 Å². The first-order valence-corrected chi connectivity index (χ1v) is 6.58. The highest BCUT2D eigenvalue weighted by atomic mass is 16.4. The number of rotatable bonds is 2. The summed E-state index contributed by atoms with van der Waals surface area (Å²) in [5.41, 5.74) is 3.76. The van der Waals surface area contributed by atoms with Gasteiger partial charge in [0.2, 0.25) is 0 Å². The van der Waals surface area contributed by atoms with Crippen molar-refractivity contribution in [3.05, 3.63) is 54.1 Å². The van der Waals surface area contributed by atoms with Crippen molar-refractivity contribution in [2.75, 3.05) is 5.32 Å². The Kier molecular flexibility index (Phi) is 3.79. The molecule has 20 heavy (non-hydrogen) atoms. The van der Waals surface area contributed by atoms with Gasteiger partial charge in [-0.1, -0.05) is 63.2 Å². The van der Waals surface area contributed by atoms with Gasteiger partial charge in [-0.3, -0.25) is 5.32 Å². The summed E-state index contributed by atoms with van der Waals surface area (Å²) in [4.78, 5) is 10.9. The molecule has 0 aliphatic rings. The van der Waals surface area contributed by atoms with E-state index in [9.17, 15) is 4.79 Å². The molecule has 0 spiro atoms. The minimum absolute atomic E-state index is 0.00702. The fraction of sp³-hybridized carbons (Fsp3) is 0.235. The van der Waals surface area contributed by atoms with Gasteiger partial charge in [0, 0.05) is 5.56 Å². The third kappa shape index (κ3) is 2.99. The van der Waals surface area contributed by atoms with Gasteiger partial charge in [-0.25, -0.2) is 4.79 Å². The lowest BCUT2D eigenvalue weighted by atomic mass is 9.81. The second kappa shape index (κ2) is 5.37. The predicted molar refractivity (Wildman–Crippen MR) is 82.2 cm³/mol. The van der Waals surface area contributed by atoms with Crippen LogP contribution in [0.2, 0.25) is 0 Å². The summed E-state index contributed by atoms with van der Waals surface area (Å²) in [6.07, 6.45) is -1.05. The minimum Gasteiger partial charge on any atom is -0.465 e. The molecule has 0 radical (unpaired) electrons. The van der Waals surface area contributed by atoms with E-state index in [2.05, 4.69) is 32.2 Å². The quantitative estimate of drug-likeness (QED) is 0.827. The van der Waals surface area contributed by atoms with E-state index >= 15 is 0 Å². The van der Waals surface area contributed by atoms with Crippen LogP contribution in [0.1, 0.15) is 26.3 Å². The molecule has 2 rings (SSSR count). The van der Waals surface area contributed by atoms with Gasteiger partial charge in [0.05, 0.1) is 5.69 Å². The van der Waals surface area contributed by atoms with Crippen molar-refractivity contribution in [1.29, 1.82) is 0 Å². The van der Waals surface area contributed by atoms with Crippen LogP contribution >= 0.6 is 0 Å². The first-order chi connectivity index (χ1) is 9.39. The highest BCUT2D eigenvalue weighted by Crippen LogP contribution is 2.36. The Hall–Kier alpha value is -2.29. The Labute approximate surface area is 119 Å². The van der Waals surface area contributed by atoms with Crippen LogP contribution in [0.15, 0.2) is 48.5 Å². The monoisotopic (exact) mass is 269 g/mol. The Morgan fingerprint density at radius 3 is 2.10 bits per heavy atom. The van der Waals surface area contributed by atoms with Crippen LogP contribution in [0, 0.1) is 0 Å². The zero-order chi connectivity index (χ0) is 14.8. The standard InChI is InChI=1S/C17H19NO2/c1-17(2,3)14-10-6-4-8-12(14)13-9-5-7-11-15(13)18-16(19)20/h4-11,18H,1-3H3,(H,19,20). The molecule has 3 nitrogen and oxygen atoms in total. The molecule has 2 N–H and O–H groups in total. The minimum atomic E-state index is -1.05. The Morgan fingerprint density at radius 1 is 0.950 bits per heavy atom. The van der Waals surface area contributed by atoms with Crippen LogP contribution < -0.4 is 5.32 Å². The Morgan fingerprint density at radius 2 is 1.50 bits per heavy atom. The lowest BCUT2D eigenvalue weighted by molar-refractivity contribution is 0.210. The fourth-order valence-electron chi connectivity index (χ4n) is 2.31. The topological polar surface area (TPSA) is 49.3 Å². The summed E-state index contributed by atoms with van der Waals surface area (Å²) in [7, 11) is 0. The van der Waals surface area contributed by atoms with Crippen molar-refractivity contribution >= 4 is 11.8 Å². The van der Waals surface area contributed by atoms with E-state index in [4.69, 9.17) is 5.11 Å². The SMILES string of the molecule is CC(C)(C)c1ccccc1-c1ccccc1NC(=O)O. The third-order valence-electron chi connectivity index (χ3n) is 3.19. The molecule has 0 heterocycles. The molecule has 0 saturated carbocycles. The average molecular weight is 269 g/mol. The van der Waals surface area contributed by atoms with Gasteiger partial charge in [-0.15, -0.1) is 0 Å². The number of carbonyl (C=O) groups is 1. The van der Waals surface area contributed by atoms with Crippen molar-refractivity contribution in [3.63, 3.8) is 0 Å². The number of hydrogen-bond donors (Lipinski definition) is 2. The number of anilines is 1. The average Bonchev–Trinajstić information content (AvgIpc) is 2.38. The Bertz CT molecular complexity index is 627. The molecule has 0 bridgehead atoms. The van der Waals surface area contributed by atoms with E-state index in [0.717, 1.165) is 11.1 Å². The summed E-state index contributed by atoms with van der Waals surface area (Å²) in [6.45, 7) is 6.46. The summed E-state index contributed by atoms with van der Waals surface area (Å²) >= 11 is 0. The number of benzene rings is 2. The lowest BCUT2D eigenvalue weighted by Gasteiger charge is -2.24. The maximum Gasteiger partial charge on any atom is 0.409 e. The summed E-state index contributed by atoms with van der Waals surface area (Å²) in [5, 5.41) is 11.4. The second-order valence-electron chi connectivity index (χ2n) is 5.77. The zero-order valence-corrected chi connectivity index (χ0v) is 12.0. The number of nitrogens with one attached hydrogen (secondary N) is 1. The molecule has 0 aliphatic carbocycles. The molecule has 3 heteroatoms. The molecule has 0 aliphatic heterocycles. The van der Waals surface area contributed by atoms with Gasteiger partial charge in [0.25, 0.3) is 0 Å². The molecule has 0 saturated heterocycles. The summed E-state index contributed by atoms with van der Waals surface area (Å²) in [5.74, 6) is 0. The highest BCUT2D eigenvalue weighted by molar-refractivity contribution is 5.91. The van der Waals surface area contributed by atoms with Crippen LogP contribution in [0.3, 0.4) is 0 Å². The summed E-state index contributed by atoms with van der Waals surface area (Å²) < 4.78 is 0. The molecule has 0 unspecified atom stereocenters. The lowest BCUT2D eigenvalue weighted by Crippen LogP contribution is -2.13. The van der Waals surface area contributed by atoms with E-state index in [1.54, 1.807) is 6.07 Å². The van der Waals surface area contributed by atoms with Gasteiger partial charge in [-0.2, -0.15) is 0 Å². The number of hydrogen-bond acceptors (Lipinski definition) is 1. The molecule has 1 amide bonds. The molecule has 0 fully saturated rings. The Balaban J connectivity index is 2.61. The van der Waals surface area contributed by atoms with Crippen LogP contribution in [0.4, 0.5) is 10.5 Å². The molecular weight excluding hydrogens is 250 g/mol. The van der Waals surface area contributed by atoms with Gasteiger partial charge >= 0.3 is 6.09 Å². The molecule has 0 atom stereocenters. The largest absolute Gasteiger partial charge is 0.465 e. The zero-order valence-electron chi connectivity index (χ0n) is 12.0. The van der Waals surface area contributed by atoms with Crippen LogP contribution in [-0.2, 0) is 5.41 Å². The maximum atomic E-state index is 10.9. The predicted octanol–water partition coefficient (Wildman–Crippen LogP) is 4.74. The molecule has 0 aromatic heterocycles.